The van der Waals surface area contributed by atoms with Gasteiger partial charge in [0.1, 0.15) is 0 Å². The molecule has 0 radical (unpaired) electrons. The molecule has 0 fully saturated rings. The fraction of sp³-hybridized carbons (Fsp3) is 0.176. The molecular weight excluding hydrogens is 266 g/mol. The van der Waals surface area contributed by atoms with Crippen molar-refractivity contribution in [3.63, 3.8) is 0 Å². The van der Waals surface area contributed by atoms with Gasteiger partial charge in [-0.3, -0.25) is 9.59 Å². The van der Waals surface area contributed by atoms with Crippen LogP contribution in [-0.2, 0) is 9.59 Å². The van der Waals surface area contributed by atoms with E-state index in [1.807, 2.05) is 37.3 Å². The van der Waals surface area contributed by atoms with Crippen LogP contribution in [0.4, 0.5) is 0 Å². The Morgan fingerprint density at radius 1 is 1.14 bits per heavy atom. The van der Waals surface area contributed by atoms with Crippen molar-refractivity contribution < 1.29 is 14.7 Å². The molecule has 2 N–H and O–H groups in total. The Hall–Kier alpha value is -2.62. The smallest absolute Gasteiger partial charge is 0.305 e. The number of carboxylic acids is 1. The van der Waals surface area contributed by atoms with Gasteiger partial charge in [0.15, 0.2) is 0 Å². The van der Waals surface area contributed by atoms with Gasteiger partial charge in [-0.15, -0.1) is 0 Å². The minimum atomic E-state index is -0.957. The zero-order chi connectivity index (χ0) is 15.5. The number of rotatable bonds is 7. The number of hydrogen-bond donors (Lipinski definition) is 2. The van der Waals surface area contributed by atoms with Crippen LogP contribution in [0.3, 0.4) is 0 Å². The van der Waals surface area contributed by atoms with Gasteiger partial charge in [0.2, 0.25) is 5.91 Å². The SMILES string of the molecule is C/C=C/C=C/C=C/C(=O)N[C@@H](CC(=O)O)c1ccccc1. The predicted octanol–water partition coefficient (Wildman–Crippen LogP) is 3.01. The molecule has 21 heavy (non-hydrogen) atoms. The first-order valence-corrected chi connectivity index (χ1v) is 6.66. The zero-order valence-corrected chi connectivity index (χ0v) is 11.9. The summed E-state index contributed by atoms with van der Waals surface area (Å²) in [7, 11) is 0. The molecule has 0 heterocycles. The lowest BCUT2D eigenvalue weighted by Gasteiger charge is -2.16. The maximum Gasteiger partial charge on any atom is 0.305 e. The van der Waals surface area contributed by atoms with Gasteiger partial charge in [-0.1, -0.05) is 60.7 Å². The molecule has 0 unspecified atom stereocenters. The first-order valence-electron chi connectivity index (χ1n) is 6.66. The zero-order valence-electron chi connectivity index (χ0n) is 11.9. The number of allylic oxidation sites excluding steroid dienone is 5. The topological polar surface area (TPSA) is 66.4 Å². The van der Waals surface area contributed by atoms with Crippen molar-refractivity contribution in [1.29, 1.82) is 0 Å². The summed E-state index contributed by atoms with van der Waals surface area (Å²) in [5, 5.41) is 11.6. The fourth-order valence-electron chi connectivity index (χ4n) is 1.71. The van der Waals surface area contributed by atoms with Gasteiger partial charge in [0, 0.05) is 6.08 Å². The molecule has 0 saturated carbocycles. The summed E-state index contributed by atoms with van der Waals surface area (Å²) < 4.78 is 0. The molecule has 0 saturated heterocycles. The second-order valence-corrected chi connectivity index (χ2v) is 4.34. The lowest BCUT2D eigenvalue weighted by Crippen LogP contribution is -2.28. The number of benzene rings is 1. The molecule has 1 aromatic rings. The van der Waals surface area contributed by atoms with Gasteiger partial charge in [0.25, 0.3) is 0 Å². The molecule has 0 aliphatic heterocycles. The third-order valence-electron chi connectivity index (χ3n) is 2.67. The molecule has 0 spiro atoms. The van der Waals surface area contributed by atoms with Crippen LogP contribution in [-0.4, -0.2) is 17.0 Å². The van der Waals surface area contributed by atoms with Crippen LogP contribution in [0.5, 0.6) is 0 Å². The average Bonchev–Trinajstić information content (AvgIpc) is 2.47. The van der Waals surface area contributed by atoms with Gasteiger partial charge >= 0.3 is 5.97 Å². The Bertz CT molecular complexity index is 544. The van der Waals surface area contributed by atoms with Crippen LogP contribution < -0.4 is 5.32 Å². The first-order chi connectivity index (χ1) is 10.1. The molecule has 1 atom stereocenters. The van der Waals surface area contributed by atoms with Crippen LogP contribution in [0, 0.1) is 0 Å². The van der Waals surface area contributed by atoms with Crippen molar-refractivity contribution in [1.82, 2.24) is 5.32 Å². The second-order valence-electron chi connectivity index (χ2n) is 4.34. The molecular formula is C17H19NO3. The minimum absolute atomic E-state index is 0.155. The number of carboxylic acid groups (broad SMARTS) is 1. The third kappa shape index (κ3) is 6.92. The van der Waals surface area contributed by atoms with Gasteiger partial charge < -0.3 is 10.4 Å². The monoisotopic (exact) mass is 285 g/mol. The van der Waals surface area contributed by atoms with E-state index in [0.717, 1.165) is 5.56 Å². The summed E-state index contributed by atoms with van der Waals surface area (Å²) in [5.74, 6) is -1.28. The number of hydrogen-bond acceptors (Lipinski definition) is 2. The Morgan fingerprint density at radius 2 is 1.81 bits per heavy atom. The van der Waals surface area contributed by atoms with E-state index < -0.39 is 12.0 Å². The van der Waals surface area contributed by atoms with Crippen molar-refractivity contribution >= 4 is 11.9 Å². The maximum atomic E-state index is 11.8. The van der Waals surface area contributed by atoms with Crippen molar-refractivity contribution in [3.8, 4) is 0 Å². The van der Waals surface area contributed by atoms with Crippen LogP contribution in [0.1, 0.15) is 24.9 Å². The Balaban J connectivity index is 2.69. The minimum Gasteiger partial charge on any atom is -0.481 e. The first kappa shape index (κ1) is 16.4. The van der Waals surface area contributed by atoms with Gasteiger partial charge in [0.05, 0.1) is 12.5 Å². The summed E-state index contributed by atoms with van der Waals surface area (Å²) in [6, 6.07) is 8.51. The lowest BCUT2D eigenvalue weighted by atomic mass is 10.0. The standard InChI is InChI=1S/C17H19NO3/c1-2-3-4-5-9-12-16(19)18-15(13-17(20)21)14-10-7-6-8-11-14/h2-12,15H,13H2,1H3,(H,18,19)(H,20,21)/b3-2+,5-4+,12-9+/t15-/m0/s1. The van der Waals surface area contributed by atoms with Crippen molar-refractivity contribution in [2.45, 2.75) is 19.4 Å². The molecule has 0 bridgehead atoms. The Morgan fingerprint density at radius 3 is 2.43 bits per heavy atom. The van der Waals surface area contributed by atoms with Crippen molar-refractivity contribution in [2.75, 3.05) is 0 Å². The number of amides is 1. The second kappa shape index (κ2) is 9.31. The summed E-state index contributed by atoms with van der Waals surface area (Å²) in [4.78, 5) is 22.7. The van der Waals surface area contributed by atoms with E-state index in [0.29, 0.717) is 0 Å². The van der Waals surface area contributed by atoms with Gasteiger partial charge in [-0.25, -0.2) is 0 Å². The molecule has 4 nitrogen and oxygen atoms in total. The quantitative estimate of drug-likeness (QED) is 0.598. The molecule has 1 aromatic carbocycles. The molecule has 4 heteroatoms. The normalized spacial score (nSPS) is 13.0. The highest BCUT2D eigenvalue weighted by Crippen LogP contribution is 2.16. The van der Waals surface area contributed by atoms with E-state index in [2.05, 4.69) is 5.32 Å². The molecule has 0 aromatic heterocycles. The van der Waals surface area contributed by atoms with Crippen molar-refractivity contribution in [3.05, 3.63) is 72.4 Å². The maximum absolute atomic E-state index is 11.8. The van der Waals surface area contributed by atoms with E-state index in [4.69, 9.17) is 5.11 Å². The number of carbonyl (C=O) groups excluding carboxylic acids is 1. The van der Waals surface area contributed by atoms with E-state index >= 15 is 0 Å². The summed E-state index contributed by atoms with van der Waals surface area (Å²) in [5.41, 5.74) is 0.770. The van der Waals surface area contributed by atoms with Crippen LogP contribution in [0.2, 0.25) is 0 Å². The number of nitrogens with one attached hydrogen (secondary N) is 1. The Kier molecular flexibility index (Phi) is 7.29. The molecule has 110 valence electrons. The molecule has 0 aliphatic rings. The Labute approximate surface area is 124 Å². The summed E-state index contributed by atoms with van der Waals surface area (Å²) >= 11 is 0. The van der Waals surface area contributed by atoms with Gasteiger partial charge in [-0.2, -0.15) is 0 Å². The van der Waals surface area contributed by atoms with Crippen LogP contribution in [0.25, 0.3) is 0 Å². The highest BCUT2D eigenvalue weighted by molar-refractivity contribution is 5.88. The number of carbonyl (C=O) groups is 2. The lowest BCUT2D eigenvalue weighted by molar-refractivity contribution is -0.137. The van der Waals surface area contributed by atoms with E-state index in [9.17, 15) is 9.59 Å². The van der Waals surface area contributed by atoms with E-state index in [1.54, 1.807) is 30.4 Å². The van der Waals surface area contributed by atoms with Gasteiger partial charge in [-0.05, 0) is 12.5 Å². The molecule has 1 amide bonds. The summed E-state index contributed by atoms with van der Waals surface area (Å²) in [6.07, 6.45) is 10.1. The van der Waals surface area contributed by atoms with E-state index in [1.165, 1.54) is 6.08 Å². The van der Waals surface area contributed by atoms with Crippen LogP contribution in [0.15, 0.2) is 66.8 Å². The van der Waals surface area contributed by atoms with Crippen molar-refractivity contribution in [2.24, 2.45) is 0 Å². The molecule has 0 aliphatic carbocycles. The highest BCUT2D eigenvalue weighted by Gasteiger charge is 2.16. The number of aliphatic carboxylic acids is 1. The van der Waals surface area contributed by atoms with Crippen LogP contribution >= 0.6 is 0 Å². The third-order valence-corrected chi connectivity index (χ3v) is 2.67. The fourth-order valence-corrected chi connectivity index (χ4v) is 1.71. The summed E-state index contributed by atoms with van der Waals surface area (Å²) in [6.45, 7) is 1.90. The van der Waals surface area contributed by atoms with E-state index in [-0.39, 0.29) is 12.3 Å². The predicted molar refractivity (Wildman–Crippen MR) is 82.7 cm³/mol. The largest absolute Gasteiger partial charge is 0.481 e. The molecule has 1 rings (SSSR count). The average molecular weight is 285 g/mol. The highest BCUT2D eigenvalue weighted by atomic mass is 16.4.